The second-order valence-electron chi connectivity index (χ2n) is 4.33. The first-order chi connectivity index (χ1) is 8.61. The van der Waals surface area contributed by atoms with Crippen LogP contribution in [-0.4, -0.2) is 23.7 Å². The van der Waals surface area contributed by atoms with Gasteiger partial charge in [-0.25, -0.2) is 0 Å². The SMILES string of the molecule is Cc1cc(NC(=O)CBr)ccc1N1CCCC1=O. The topological polar surface area (TPSA) is 49.4 Å². The maximum atomic E-state index is 11.7. The zero-order valence-electron chi connectivity index (χ0n) is 10.2. The molecule has 1 saturated heterocycles. The highest BCUT2D eigenvalue weighted by Gasteiger charge is 2.22. The molecule has 1 aliphatic heterocycles. The third kappa shape index (κ3) is 2.72. The molecule has 0 radical (unpaired) electrons. The Balaban J connectivity index is 2.19. The number of anilines is 2. The van der Waals surface area contributed by atoms with Gasteiger partial charge in [-0.3, -0.25) is 9.59 Å². The van der Waals surface area contributed by atoms with Crippen molar-refractivity contribution in [3.05, 3.63) is 23.8 Å². The lowest BCUT2D eigenvalue weighted by molar-refractivity contribution is -0.117. The summed E-state index contributed by atoms with van der Waals surface area (Å²) in [7, 11) is 0. The summed E-state index contributed by atoms with van der Waals surface area (Å²) in [5.74, 6) is 0.0924. The zero-order valence-corrected chi connectivity index (χ0v) is 11.8. The van der Waals surface area contributed by atoms with Crippen molar-refractivity contribution in [2.24, 2.45) is 0 Å². The van der Waals surface area contributed by atoms with E-state index >= 15 is 0 Å². The van der Waals surface area contributed by atoms with Gasteiger partial charge in [-0.05, 0) is 37.1 Å². The minimum atomic E-state index is -0.0839. The monoisotopic (exact) mass is 310 g/mol. The minimum absolute atomic E-state index is 0.0839. The summed E-state index contributed by atoms with van der Waals surface area (Å²) < 4.78 is 0. The molecule has 0 saturated carbocycles. The van der Waals surface area contributed by atoms with Gasteiger partial charge in [0.2, 0.25) is 11.8 Å². The number of carbonyl (C=O) groups is 2. The van der Waals surface area contributed by atoms with E-state index in [1.165, 1.54) is 0 Å². The summed E-state index contributed by atoms with van der Waals surface area (Å²) in [4.78, 5) is 24.8. The number of nitrogens with zero attached hydrogens (tertiary/aromatic N) is 1. The number of alkyl halides is 1. The molecule has 5 heteroatoms. The highest BCUT2D eigenvalue weighted by Crippen LogP contribution is 2.27. The van der Waals surface area contributed by atoms with Gasteiger partial charge in [0.15, 0.2) is 0 Å². The minimum Gasteiger partial charge on any atom is -0.325 e. The van der Waals surface area contributed by atoms with Gasteiger partial charge in [-0.1, -0.05) is 15.9 Å². The number of hydrogen-bond acceptors (Lipinski definition) is 2. The predicted molar refractivity (Wildman–Crippen MR) is 75.2 cm³/mol. The second kappa shape index (κ2) is 5.52. The third-order valence-electron chi connectivity index (χ3n) is 2.97. The van der Waals surface area contributed by atoms with Crippen molar-refractivity contribution in [3.8, 4) is 0 Å². The highest BCUT2D eigenvalue weighted by molar-refractivity contribution is 9.09. The van der Waals surface area contributed by atoms with Crippen LogP contribution < -0.4 is 10.2 Å². The molecule has 1 N–H and O–H groups in total. The van der Waals surface area contributed by atoms with Crippen LogP contribution >= 0.6 is 15.9 Å². The summed E-state index contributed by atoms with van der Waals surface area (Å²) >= 11 is 3.10. The number of nitrogens with one attached hydrogen (secondary N) is 1. The van der Waals surface area contributed by atoms with Gasteiger partial charge in [-0.15, -0.1) is 0 Å². The molecule has 1 aliphatic rings. The van der Waals surface area contributed by atoms with Crippen molar-refractivity contribution in [3.63, 3.8) is 0 Å². The molecule has 0 unspecified atom stereocenters. The Bertz CT molecular complexity index is 488. The first kappa shape index (κ1) is 13.1. The third-order valence-corrected chi connectivity index (χ3v) is 3.48. The van der Waals surface area contributed by atoms with Gasteiger partial charge in [0.05, 0.1) is 5.33 Å². The second-order valence-corrected chi connectivity index (χ2v) is 4.89. The molecular formula is C13H15BrN2O2. The smallest absolute Gasteiger partial charge is 0.235 e. The summed E-state index contributed by atoms with van der Waals surface area (Å²) in [5.41, 5.74) is 2.69. The van der Waals surface area contributed by atoms with Crippen molar-refractivity contribution >= 4 is 39.1 Å². The number of hydrogen-bond donors (Lipinski definition) is 1. The van der Waals surface area contributed by atoms with E-state index < -0.39 is 0 Å². The number of amides is 2. The normalized spacial score (nSPS) is 15.0. The maximum absolute atomic E-state index is 11.7. The van der Waals surface area contributed by atoms with Gasteiger partial charge in [0.25, 0.3) is 0 Å². The van der Waals surface area contributed by atoms with Crippen LogP contribution in [0, 0.1) is 6.92 Å². The summed E-state index contributed by atoms with van der Waals surface area (Å²) in [5, 5.41) is 3.05. The lowest BCUT2D eigenvalue weighted by Gasteiger charge is -2.19. The van der Waals surface area contributed by atoms with Crippen LogP contribution in [0.1, 0.15) is 18.4 Å². The van der Waals surface area contributed by atoms with E-state index in [4.69, 9.17) is 0 Å². The van der Waals surface area contributed by atoms with E-state index in [1.807, 2.05) is 30.0 Å². The van der Waals surface area contributed by atoms with Crippen molar-refractivity contribution in [2.75, 3.05) is 22.1 Å². The lowest BCUT2D eigenvalue weighted by atomic mass is 10.1. The zero-order chi connectivity index (χ0) is 13.1. The number of halogens is 1. The fourth-order valence-electron chi connectivity index (χ4n) is 2.13. The van der Waals surface area contributed by atoms with Gasteiger partial charge in [0, 0.05) is 24.3 Å². The van der Waals surface area contributed by atoms with Crippen LogP contribution in [0.2, 0.25) is 0 Å². The quantitative estimate of drug-likeness (QED) is 0.872. The molecule has 0 bridgehead atoms. The molecule has 2 amide bonds. The van der Waals surface area contributed by atoms with Gasteiger partial charge < -0.3 is 10.2 Å². The number of aryl methyl sites for hydroxylation is 1. The Morgan fingerprint density at radius 1 is 1.50 bits per heavy atom. The van der Waals surface area contributed by atoms with Crippen molar-refractivity contribution in [2.45, 2.75) is 19.8 Å². The van der Waals surface area contributed by atoms with Crippen LogP contribution in [0.5, 0.6) is 0 Å². The Kier molecular flexibility index (Phi) is 4.01. The number of benzene rings is 1. The van der Waals surface area contributed by atoms with Gasteiger partial charge in [0.1, 0.15) is 0 Å². The lowest BCUT2D eigenvalue weighted by Crippen LogP contribution is -2.24. The Morgan fingerprint density at radius 3 is 2.83 bits per heavy atom. The van der Waals surface area contributed by atoms with E-state index in [1.54, 1.807) is 0 Å². The highest BCUT2D eigenvalue weighted by atomic mass is 79.9. The molecule has 4 nitrogen and oxygen atoms in total. The summed E-state index contributed by atoms with van der Waals surface area (Å²) in [6.45, 7) is 2.73. The van der Waals surface area contributed by atoms with Gasteiger partial charge >= 0.3 is 0 Å². The molecule has 0 spiro atoms. The maximum Gasteiger partial charge on any atom is 0.235 e. The van der Waals surface area contributed by atoms with E-state index in [9.17, 15) is 9.59 Å². The van der Waals surface area contributed by atoms with Crippen LogP contribution in [0.4, 0.5) is 11.4 Å². The molecule has 0 atom stereocenters. The van der Waals surface area contributed by atoms with Crippen molar-refractivity contribution in [1.82, 2.24) is 0 Å². The van der Waals surface area contributed by atoms with E-state index in [0.717, 1.165) is 29.9 Å². The van der Waals surface area contributed by atoms with Crippen LogP contribution in [0.15, 0.2) is 18.2 Å². The summed E-state index contributed by atoms with van der Waals surface area (Å²) in [6.07, 6.45) is 1.54. The standard InChI is InChI=1S/C13H15BrN2O2/c1-9-7-10(15-12(17)8-14)4-5-11(9)16-6-2-3-13(16)18/h4-5,7H,2-3,6,8H2,1H3,(H,15,17). The molecule has 1 aromatic rings. The van der Waals surface area contributed by atoms with E-state index in [0.29, 0.717) is 6.42 Å². The average Bonchev–Trinajstić information content (AvgIpc) is 2.75. The Morgan fingerprint density at radius 2 is 2.28 bits per heavy atom. The molecule has 18 heavy (non-hydrogen) atoms. The largest absolute Gasteiger partial charge is 0.325 e. The fourth-order valence-corrected chi connectivity index (χ4v) is 2.27. The molecule has 0 aliphatic carbocycles. The predicted octanol–water partition coefficient (Wildman–Crippen LogP) is 2.46. The van der Waals surface area contributed by atoms with Crippen LogP contribution in [-0.2, 0) is 9.59 Å². The average molecular weight is 311 g/mol. The van der Waals surface area contributed by atoms with Crippen molar-refractivity contribution < 1.29 is 9.59 Å². The molecule has 0 aromatic heterocycles. The van der Waals surface area contributed by atoms with Crippen molar-refractivity contribution in [1.29, 1.82) is 0 Å². The number of carbonyl (C=O) groups excluding carboxylic acids is 2. The first-order valence-corrected chi connectivity index (χ1v) is 7.01. The molecular weight excluding hydrogens is 296 g/mol. The molecule has 96 valence electrons. The first-order valence-electron chi connectivity index (χ1n) is 5.88. The molecule has 1 heterocycles. The van der Waals surface area contributed by atoms with E-state index in [2.05, 4.69) is 21.2 Å². The molecule has 2 rings (SSSR count). The molecule has 1 aromatic carbocycles. The number of rotatable bonds is 3. The summed E-state index contributed by atoms with van der Waals surface area (Å²) in [6, 6.07) is 5.61. The Labute approximate surface area is 114 Å². The Hall–Kier alpha value is -1.36. The fraction of sp³-hybridized carbons (Fsp3) is 0.385. The van der Waals surface area contributed by atoms with Crippen LogP contribution in [0.3, 0.4) is 0 Å². The van der Waals surface area contributed by atoms with E-state index in [-0.39, 0.29) is 17.1 Å². The molecule has 1 fully saturated rings. The van der Waals surface area contributed by atoms with Crippen LogP contribution in [0.25, 0.3) is 0 Å². The van der Waals surface area contributed by atoms with Gasteiger partial charge in [-0.2, -0.15) is 0 Å².